The number of carbonyl (C=O) groups is 2. The lowest BCUT2D eigenvalue weighted by atomic mass is 10.1. The molecule has 160 valence electrons. The van der Waals surface area contributed by atoms with Crippen molar-refractivity contribution in [2.45, 2.75) is 20.4 Å². The Kier molecular flexibility index (Phi) is 8.93. The summed E-state index contributed by atoms with van der Waals surface area (Å²) in [6.07, 6.45) is 0.475. The minimum Gasteiger partial charge on any atom is -0.465 e. The molecule has 0 saturated carbocycles. The highest BCUT2D eigenvalue weighted by Crippen LogP contribution is 2.34. The second kappa shape index (κ2) is 11.0. The Morgan fingerprint density at radius 3 is 2.73 bits per heavy atom. The van der Waals surface area contributed by atoms with Gasteiger partial charge in [-0.05, 0) is 65.7 Å². The number of rotatable bonds is 8. The number of hydrogen-bond donors (Lipinski definition) is 3. The summed E-state index contributed by atoms with van der Waals surface area (Å²) in [5.41, 5.74) is 5.17. The fourth-order valence-electron chi connectivity index (χ4n) is 3.27. The van der Waals surface area contributed by atoms with Crippen LogP contribution in [0.15, 0.2) is 36.4 Å². The maximum atomic E-state index is 12.9. The molecule has 0 saturated heterocycles. The molecule has 7 nitrogen and oxygen atoms in total. The number of hydrogen-bond acceptors (Lipinski definition) is 6. The number of esters is 1. The summed E-state index contributed by atoms with van der Waals surface area (Å²) in [4.78, 5) is 26.2. The van der Waals surface area contributed by atoms with Gasteiger partial charge in [0.05, 0.1) is 17.9 Å². The zero-order valence-corrected chi connectivity index (χ0v) is 20.8. The van der Waals surface area contributed by atoms with Crippen molar-refractivity contribution in [1.29, 1.82) is 5.41 Å². The van der Waals surface area contributed by atoms with Crippen LogP contribution in [0.5, 0.6) is 0 Å². The molecule has 2 aromatic rings. The molecule has 30 heavy (non-hydrogen) atoms. The van der Waals surface area contributed by atoms with Crippen molar-refractivity contribution in [3.05, 3.63) is 53.1 Å². The Hall–Kier alpha value is -1.84. The molecular formula is C20H24IN4O3PS. The van der Waals surface area contributed by atoms with Gasteiger partial charge in [-0.1, -0.05) is 12.1 Å². The lowest BCUT2D eigenvalue weighted by Gasteiger charge is -2.15. The Morgan fingerprint density at radius 1 is 1.30 bits per heavy atom. The first-order valence-electron chi connectivity index (χ1n) is 9.09. The molecule has 3 rings (SSSR count). The average Bonchev–Trinajstić information content (AvgIpc) is 2.98. The van der Waals surface area contributed by atoms with Crippen LogP contribution in [0.3, 0.4) is 0 Å². The van der Waals surface area contributed by atoms with Gasteiger partial charge < -0.3 is 25.5 Å². The molecule has 0 aromatic heterocycles. The molecule has 0 spiro atoms. The summed E-state index contributed by atoms with van der Waals surface area (Å²) >= 11 is 2.25. The average molecular weight is 558 g/mol. The van der Waals surface area contributed by atoms with E-state index in [0.29, 0.717) is 36.5 Å². The van der Waals surface area contributed by atoms with Crippen LogP contribution in [0.1, 0.15) is 35.3 Å². The van der Waals surface area contributed by atoms with Crippen molar-refractivity contribution in [3.63, 3.8) is 0 Å². The smallest absolute Gasteiger partial charge is 0.325 e. The maximum absolute atomic E-state index is 12.9. The van der Waals surface area contributed by atoms with Crippen LogP contribution < -0.4 is 10.4 Å². The van der Waals surface area contributed by atoms with Gasteiger partial charge in [0.15, 0.2) is 0 Å². The van der Waals surface area contributed by atoms with E-state index in [1.165, 1.54) is 4.90 Å². The number of carbonyl (C=O) groups excluding carboxylic acids is 2. The third-order valence-electron chi connectivity index (χ3n) is 4.52. The fraction of sp³-hybridized carbons (Fsp3) is 0.250. The van der Waals surface area contributed by atoms with Gasteiger partial charge in [0.2, 0.25) is 0 Å². The summed E-state index contributed by atoms with van der Waals surface area (Å²) in [6.45, 7) is 4.12. The van der Waals surface area contributed by atoms with Crippen molar-refractivity contribution in [2.75, 3.05) is 23.6 Å². The molecule has 3 N–H and O–H groups in total. The first-order chi connectivity index (χ1) is 13.9. The van der Waals surface area contributed by atoms with E-state index < -0.39 is 5.97 Å². The molecule has 0 bridgehead atoms. The van der Waals surface area contributed by atoms with Gasteiger partial charge in [0.25, 0.3) is 5.91 Å². The summed E-state index contributed by atoms with van der Waals surface area (Å²) < 4.78 is 4.97. The molecule has 1 heterocycles. The highest BCUT2D eigenvalue weighted by Gasteiger charge is 2.31. The molecule has 1 atom stereocenters. The predicted octanol–water partition coefficient (Wildman–Crippen LogP) is 4.81. The summed E-state index contributed by atoms with van der Waals surface area (Å²) in [6, 6.07) is 11.4. The third kappa shape index (κ3) is 5.44. The number of nitrogens with zero attached hydrogens (tertiary/aromatic N) is 1. The van der Waals surface area contributed by atoms with Crippen LogP contribution in [-0.2, 0) is 16.1 Å². The van der Waals surface area contributed by atoms with Gasteiger partial charge in [0, 0.05) is 35.6 Å². The number of benzene rings is 2. The summed E-state index contributed by atoms with van der Waals surface area (Å²) in [7, 11) is 0. The zero-order valence-electron chi connectivity index (χ0n) is 16.6. The van der Waals surface area contributed by atoms with Crippen LogP contribution in [0.2, 0.25) is 0 Å². The Morgan fingerprint density at radius 2 is 2.07 bits per heavy atom. The lowest BCUT2D eigenvalue weighted by Crippen LogP contribution is -2.31. The van der Waals surface area contributed by atoms with E-state index in [1.807, 2.05) is 36.4 Å². The van der Waals surface area contributed by atoms with E-state index in [-0.39, 0.29) is 25.9 Å². The van der Waals surface area contributed by atoms with Crippen LogP contribution in [0.4, 0.5) is 17.1 Å². The van der Waals surface area contributed by atoms with Gasteiger partial charge in [-0.15, -0.1) is 0 Å². The van der Waals surface area contributed by atoms with Crippen LogP contribution >= 0.6 is 41.9 Å². The number of nitrogens with one attached hydrogen (secondary N) is 3. The molecule has 0 aliphatic carbocycles. The fourth-order valence-corrected chi connectivity index (χ4v) is 4.45. The van der Waals surface area contributed by atoms with Gasteiger partial charge in [-0.3, -0.25) is 9.59 Å². The maximum Gasteiger partial charge on any atom is 0.325 e. The number of fused-ring (bicyclic) bond motifs is 1. The highest BCUT2D eigenvalue weighted by molar-refractivity contribution is 14.2. The monoisotopic (exact) mass is 558 g/mol. The van der Waals surface area contributed by atoms with Crippen LogP contribution in [-0.4, -0.2) is 35.6 Å². The third-order valence-corrected chi connectivity index (χ3v) is 5.70. The minimum absolute atomic E-state index is 0. The quantitative estimate of drug-likeness (QED) is 0.187. The number of anilines is 3. The number of halogens is 1. The Balaban J connectivity index is 0.00000320. The predicted molar refractivity (Wildman–Crippen MR) is 136 cm³/mol. The van der Waals surface area contributed by atoms with E-state index in [9.17, 15) is 9.59 Å². The van der Waals surface area contributed by atoms with Crippen LogP contribution in [0.25, 0.3) is 0 Å². The zero-order chi connectivity index (χ0) is 21.0. The van der Waals surface area contributed by atoms with Crippen LogP contribution in [0, 0.1) is 5.41 Å². The largest absolute Gasteiger partial charge is 0.465 e. The van der Waals surface area contributed by atoms with E-state index in [4.69, 9.17) is 10.1 Å². The first-order valence-corrected chi connectivity index (χ1v) is 13.2. The number of ether oxygens (including phenoxy) is 1. The Bertz CT molecular complexity index is 973. The van der Waals surface area contributed by atoms with Crippen molar-refractivity contribution in [2.24, 2.45) is 0 Å². The topological polar surface area (TPSA) is 94.5 Å². The first kappa shape index (κ1) is 24.4. The van der Waals surface area contributed by atoms with Crippen molar-refractivity contribution in [3.8, 4) is 0 Å². The van der Waals surface area contributed by atoms with Crippen molar-refractivity contribution in [1.82, 2.24) is 4.90 Å². The van der Waals surface area contributed by atoms with E-state index in [2.05, 4.69) is 32.4 Å². The molecule has 1 aliphatic heterocycles. The number of amides is 1. The molecule has 1 amide bonds. The summed E-state index contributed by atoms with van der Waals surface area (Å²) in [5.74, 6) is -0.591. The molecule has 1 unspecified atom stereocenters. The molecule has 0 radical (unpaired) electrons. The van der Waals surface area contributed by atoms with Crippen molar-refractivity contribution < 1.29 is 14.3 Å². The van der Waals surface area contributed by atoms with Gasteiger partial charge >= 0.3 is 5.97 Å². The van der Waals surface area contributed by atoms with Crippen molar-refractivity contribution >= 4 is 76.6 Å². The van der Waals surface area contributed by atoms with E-state index in [1.54, 1.807) is 13.8 Å². The second-order valence-electron chi connectivity index (χ2n) is 6.54. The van der Waals surface area contributed by atoms with Gasteiger partial charge in [-0.25, -0.2) is 0 Å². The standard InChI is InChI=1S/C20H22IN4O3P.H2S/c1-3-28-18(26)11-25-10-13-5-4-6-16(19(13)20(25)27)23-14-7-8-15(12(2)22)17(9-14)24-29-21;/h4-9,22-24,29H,3,10-11H2,1-2H3;1H2. The summed E-state index contributed by atoms with van der Waals surface area (Å²) in [5, 5.41) is 14.6. The lowest BCUT2D eigenvalue weighted by molar-refractivity contribution is -0.143. The van der Waals surface area contributed by atoms with E-state index in [0.717, 1.165) is 22.5 Å². The van der Waals surface area contributed by atoms with E-state index >= 15 is 0 Å². The molecular weight excluding hydrogens is 534 g/mol. The molecule has 10 heteroatoms. The molecule has 2 aromatic carbocycles. The minimum atomic E-state index is -0.406. The Labute approximate surface area is 197 Å². The molecule has 1 aliphatic rings. The second-order valence-corrected chi connectivity index (χ2v) is 8.59. The SMILES string of the molecule is CCOC(=O)CN1Cc2cccc(Nc3ccc(C(C)=N)c(NPI)c3)c2C1=O.S. The molecule has 0 fully saturated rings. The normalized spacial score (nSPS) is 12.5. The highest BCUT2D eigenvalue weighted by atomic mass is 127. The van der Waals surface area contributed by atoms with Gasteiger partial charge in [-0.2, -0.15) is 13.5 Å². The van der Waals surface area contributed by atoms with Gasteiger partial charge in [0.1, 0.15) is 6.54 Å².